The van der Waals surface area contributed by atoms with E-state index < -0.39 is 11.9 Å². The van der Waals surface area contributed by atoms with E-state index in [1.807, 2.05) is 25.1 Å². The molecule has 0 aromatic heterocycles. The quantitative estimate of drug-likeness (QED) is 0.636. The van der Waals surface area contributed by atoms with Gasteiger partial charge in [0.2, 0.25) is 0 Å². The fourth-order valence-electron chi connectivity index (χ4n) is 2.49. The fourth-order valence-corrected chi connectivity index (χ4v) is 2.49. The largest absolute Gasteiger partial charge is 0.457 e. The number of carbonyl (C=O) groups is 1. The summed E-state index contributed by atoms with van der Waals surface area (Å²) in [4.78, 5) is 11.9. The second-order valence-corrected chi connectivity index (χ2v) is 6.77. The summed E-state index contributed by atoms with van der Waals surface area (Å²) >= 11 is 0. The highest BCUT2D eigenvalue weighted by Crippen LogP contribution is 2.26. The van der Waals surface area contributed by atoms with E-state index in [-0.39, 0.29) is 11.8 Å². The van der Waals surface area contributed by atoms with Crippen LogP contribution < -0.4 is 14.8 Å². The van der Waals surface area contributed by atoms with Gasteiger partial charge in [-0.2, -0.15) is 0 Å². The number of rotatable bonds is 8. The van der Waals surface area contributed by atoms with E-state index in [4.69, 9.17) is 9.47 Å². The average molecular weight is 359 g/mol. The topological polar surface area (TPSA) is 47.6 Å². The molecule has 0 bridgehead atoms. The molecule has 1 atom stereocenters. The minimum absolute atomic E-state index is 0.0231. The first-order chi connectivity index (χ1) is 12.4. The van der Waals surface area contributed by atoms with Crippen molar-refractivity contribution >= 4 is 6.09 Å². The maximum atomic E-state index is 14.2. The van der Waals surface area contributed by atoms with Gasteiger partial charge in [-0.3, -0.25) is 0 Å². The molecule has 1 unspecified atom stereocenters. The van der Waals surface area contributed by atoms with Crippen LogP contribution in [0.4, 0.5) is 9.18 Å². The van der Waals surface area contributed by atoms with Crippen molar-refractivity contribution in [3.63, 3.8) is 0 Å². The van der Waals surface area contributed by atoms with Crippen molar-refractivity contribution in [2.75, 3.05) is 0 Å². The van der Waals surface area contributed by atoms with Crippen LogP contribution in [-0.4, -0.2) is 12.1 Å². The van der Waals surface area contributed by atoms with E-state index in [0.29, 0.717) is 17.4 Å². The molecule has 0 saturated carbocycles. The Bertz CT molecular complexity index is 704. The molecule has 5 heteroatoms. The van der Waals surface area contributed by atoms with Crippen LogP contribution in [0, 0.1) is 11.7 Å². The van der Waals surface area contributed by atoms with Gasteiger partial charge in [-0.15, -0.1) is 0 Å². The second kappa shape index (κ2) is 9.80. The van der Waals surface area contributed by atoms with Gasteiger partial charge in [-0.05, 0) is 43.5 Å². The smallest absolute Gasteiger partial charge is 0.412 e. The lowest BCUT2D eigenvalue weighted by Crippen LogP contribution is -2.35. The van der Waals surface area contributed by atoms with E-state index in [1.54, 1.807) is 18.2 Å². The molecule has 0 fully saturated rings. The summed E-state index contributed by atoms with van der Waals surface area (Å²) in [7, 11) is 0. The van der Waals surface area contributed by atoms with Crippen LogP contribution in [0.25, 0.3) is 0 Å². The standard InChI is InChI=1S/C21H26FNO3/c1-15(2)8-7-9-16(3)23-21(24)26-20-13-12-18(14-19(20)22)25-17-10-5-4-6-11-17/h4-6,10-16H,7-9H2,1-3H3,(H,23,24). The van der Waals surface area contributed by atoms with Crippen molar-refractivity contribution < 1.29 is 18.7 Å². The van der Waals surface area contributed by atoms with E-state index in [2.05, 4.69) is 19.2 Å². The first-order valence-electron chi connectivity index (χ1n) is 8.95. The van der Waals surface area contributed by atoms with Crippen molar-refractivity contribution in [1.82, 2.24) is 5.32 Å². The van der Waals surface area contributed by atoms with Crippen LogP contribution in [-0.2, 0) is 0 Å². The summed E-state index contributed by atoms with van der Waals surface area (Å²) in [6.45, 7) is 6.25. The molecule has 0 aliphatic heterocycles. The van der Waals surface area contributed by atoms with Gasteiger partial charge in [0.25, 0.3) is 0 Å². The molecule has 1 N–H and O–H groups in total. The highest BCUT2D eigenvalue weighted by molar-refractivity contribution is 5.70. The highest BCUT2D eigenvalue weighted by Gasteiger charge is 2.13. The number of carbonyl (C=O) groups excluding carboxylic acids is 1. The number of hydrogen-bond donors (Lipinski definition) is 1. The Morgan fingerprint density at radius 2 is 1.77 bits per heavy atom. The maximum Gasteiger partial charge on any atom is 0.412 e. The van der Waals surface area contributed by atoms with Gasteiger partial charge in [0.15, 0.2) is 11.6 Å². The van der Waals surface area contributed by atoms with Crippen molar-refractivity contribution in [3.05, 3.63) is 54.3 Å². The minimum atomic E-state index is -0.655. The summed E-state index contributed by atoms with van der Waals surface area (Å²) in [5, 5.41) is 2.72. The van der Waals surface area contributed by atoms with Gasteiger partial charge in [0.1, 0.15) is 11.5 Å². The van der Waals surface area contributed by atoms with Crippen LogP contribution in [0.5, 0.6) is 17.2 Å². The summed E-state index contributed by atoms with van der Waals surface area (Å²) < 4.78 is 24.8. The number of halogens is 1. The monoisotopic (exact) mass is 359 g/mol. The Kier molecular flexibility index (Phi) is 7.45. The van der Waals surface area contributed by atoms with Crippen LogP contribution in [0.2, 0.25) is 0 Å². The maximum absolute atomic E-state index is 14.2. The molecule has 0 spiro atoms. The lowest BCUT2D eigenvalue weighted by molar-refractivity contribution is 0.193. The normalized spacial score (nSPS) is 11.9. The third-order valence-electron chi connectivity index (χ3n) is 3.87. The van der Waals surface area contributed by atoms with Crippen molar-refractivity contribution in [2.45, 2.75) is 46.1 Å². The molecule has 0 aliphatic carbocycles. The zero-order valence-electron chi connectivity index (χ0n) is 15.5. The van der Waals surface area contributed by atoms with Crippen LogP contribution in [0.15, 0.2) is 48.5 Å². The van der Waals surface area contributed by atoms with Gasteiger partial charge < -0.3 is 14.8 Å². The SMILES string of the molecule is CC(C)CCCC(C)NC(=O)Oc1ccc(Oc2ccccc2)cc1F. The number of hydrogen-bond acceptors (Lipinski definition) is 3. The van der Waals surface area contributed by atoms with Gasteiger partial charge in [0.05, 0.1) is 0 Å². The molecule has 140 valence electrons. The van der Waals surface area contributed by atoms with Crippen LogP contribution in [0.3, 0.4) is 0 Å². The van der Waals surface area contributed by atoms with Gasteiger partial charge in [-0.25, -0.2) is 9.18 Å². The van der Waals surface area contributed by atoms with E-state index in [1.165, 1.54) is 12.1 Å². The van der Waals surface area contributed by atoms with Crippen molar-refractivity contribution in [1.29, 1.82) is 0 Å². The van der Waals surface area contributed by atoms with Gasteiger partial charge in [-0.1, -0.05) is 44.9 Å². The molecule has 0 aliphatic rings. The summed E-state index contributed by atoms with van der Waals surface area (Å²) in [5.41, 5.74) is 0. The third kappa shape index (κ3) is 6.75. The van der Waals surface area contributed by atoms with Crippen molar-refractivity contribution in [3.8, 4) is 17.2 Å². The van der Waals surface area contributed by atoms with E-state index in [0.717, 1.165) is 19.3 Å². The Morgan fingerprint density at radius 3 is 2.42 bits per heavy atom. The Labute approximate surface area is 154 Å². The fraction of sp³-hybridized carbons (Fsp3) is 0.381. The Morgan fingerprint density at radius 1 is 1.04 bits per heavy atom. The summed E-state index contributed by atoms with van der Waals surface area (Å²) in [5.74, 6) is 0.801. The molecule has 2 rings (SSSR count). The summed E-state index contributed by atoms with van der Waals surface area (Å²) in [6, 6.07) is 13.2. The lowest BCUT2D eigenvalue weighted by Gasteiger charge is -2.15. The molecular formula is C21H26FNO3. The molecular weight excluding hydrogens is 333 g/mol. The molecule has 4 nitrogen and oxygen atoms in total. The van der Waals surface area contributed by atoms with E-state index in [9.17, 15) is 9.18 Å². The van der Waals surface area contributed by atoms with Crippen LogP contribution >= 0.6 is 0 Å². The van der Waals surface area contributed by atoms with Gasteiger partial charge >= 0.3 is 6.09 Å². The number of amides is 1. The molecule has 2 aromatic carbocycles. The molecule has 0 heterocycles. The average Bonchev–Trinajstić information content (AvgIpc) is 2.58. The molecule has 0 radical (unpaired) electrons. The van der Waals surface area contributed by atoms with Crippen LogP contribution in [0.1, 0.15) is 40.0 Å². The second-order valence-electron chi connectivity index (χ2n) is 6.77. The number of benzene rings is 2. The van der Waals surface area contributed by atoms with E-state index >= 15 is 0 Å². The predicted molar refractivity (Wildman–Crippen MR) is 100 cm³/mol. The molecule has 0 saturated heterocycles. The first kappa shape index (κ1) is 19.8. The van der Waals surface area contributed by atoms with Gasteiger partial charge in [0, 0.05) is 12.1 Å². The highest BCUT2D eigenvalue weighted by atomic mass is 19.1. The van der Waals surface area contributed by atoms with Crippen molar-refractivity contribution in [2.24, 2.45) is 5.92 Å². The zero-order valence-corrected chi connectivity index (χ0v) is 15.5. The predicted octanol–water partition coefficient (Wildman–Crippen LogP) is 5.92. The first-order valence-corrected chi connectivity index (χ1v) is 8.95. The number of nitrogens with one attached hydrogen (secondary N) is 1. The number of para-hydroxylation sites is 1. The Balaban J connectivity index is 1.86. The Hall–Kier alpha value is -2.56. The molecule has 1 amide bonds. The minimum Gasteiger partial charge on any atom is -0.457 e. The zero-order chi connectivity index (χ0) is 18.9. The third-order valence-corrected chi connectivity index (χ3v) is 3.87. The molecule has 2 aromatic rings. The summed E-state index contributed by atoms with van der Waals surface area (Å²) in [6.07, 6.45) is 2.34. The molecule has 26 heavy (non-hydrogen) atoms. The lowest BCUT2D eigenvalue weighted by atomic mass is 10.0. The number of ether oxygens (including phenoxy) is 2.